The molecule has 16 heavy (non-hydrogen) atoms. The Morgan fingerprint density at radius 3 is 2.62 bits per heavy atom. The van der Waals surface area contributed by atoms with E-state index in [0.717, 1.165) is 12.8 Å². The second-order valence-corrected chi connectivity index (χ2v) is 4.17. The number of hydrogen-bond donors (Lipinski definition) is 1. The zero-order valence-corrected chi connectivity index (χ0v) is 9.48. The molecule has 86 valence electrons. The third-order valence-electron chi connectivity index (χ3n) is 3.15. The highest BCUT2D eigenvalue weighted by atomic mass is 16.5. The van der Waals surface area contributed by atoms with Crippen molar-refractivity contribution >= 4 is 5.97 Å². The fourth-order valence-corrected chi connectivity index (χ4v) is 2.19. The van der Waals surface area contributed by atoms with Crippen LogP contribution >= 0.6 is 0 Å². The molecule has 0 radical (unpaired) electrons. The Morgan fingerprint density at radius 1 is 1.31 bits per heavy atom. The number of hydrogen-bond acceptors (Lipinski definition) is 3. The van der Waals surface area contributed by atoms with Gasteiger partial charge in [0.25, 0.3) is 0 Å². The molecular formula is C13H17NO2. The van der Waals surface area contributed by atoms with E-state index in [0.29, 0.717) is 12.6 Å². The predicted molar refractivity (Wildman–Crippen MR) is 61.9 cm³/mol. The van der Waals surface area contributed by atoms with Gasteiger partial charge >= 0.3 is 5.97 Å². The molecule has 3 nitrogen and oxygen atoms in total. The van der Waals surface area contributed by atoms with Crippen LogP contribution in [0.3, 0.4) is 0 Å². The summed E-state index contributed by atoms with van der Waals surface area (Å²) < 4.78 is 4.75. The molecule has 2 rings (SSSR count). The summed E-state index contributed by atoms with van der Waals surface area (Å²) in [7, 11) is 1.45. The van der Waals surface area contributed by atoms with Crippen LogP contribution < -0.4 is 5.32 Å². The molecule has 0 spiro atoms. The fraction of sp³-hybridized carbons (Fsp3) is 0.462. The first-order chi connectivity index (χ1) is 7.81. The van der Waals surface area contributed by atoms with Gasteiger partial charge < -0.3 is 10.1 Å². The maximum absolute atomic E-state index is 11.3. The Morgan fingerprint density at radius 2 is 2.06 bits per heavy atom. The summed E-state index contributed by atoms with van der Waals surface area (Å²) in [4.78, 5) is 11.3. The first-order valence-corrected chi connectivity index (χ1v) is 5.67. The minimum atomic E-state index is -0.0981. The lowest BCUT2D eigenvalue weighted by Gasteiger charge is -2.28. The quantitative estimate of drug-likeness (QED) is 0.772. The third-order valence-corrected chi connectivity index (χ3v) is 3.15. The lowest BCUT2D eigenvalue weighted by molar-refractivity contribution is -0.146. The zero-order chi connectivity index (χ0) is 11.4. The van der Waals surface area contributed by atoms with Gasteiger partial charge in [-0.25, -0.2) is 0 Å². The van der Waals surface area contributed by atoms with E-state index in [1.54, 1.807) is 0 Å². The lowest BCUT2D eigenvalue weighted by atomic mass is 9.91. The summed E-state index contributed by atoms with van der Waals surface area (Å²) in [5.74, 6) is -0.0797. The average molecular weight is 219 g/mol. The SMILES string of the molecule is COC(=O)C1CCC(c2ccccc2)NC1. The van der Waals surface area contributed by atoms with Crippen molar-refractivity contribution in [1.29, 1.82) is 0 Å². The molecule has 0 amide bonds. The number of carbonyl (C=O) groups excluding carboxylic acids is 1. The Balaban J connectivity index is 1.93. The van der Waals surface area contributed by atoms with Gasteiger partial charge in [-0.15, -0.1) is 0 Å². The van der Waals surface area contributed by atoms with E-state index in [9.17, 15) is 4.79 Å². The second-order valence-electron chi connectivity index (χ2n) is 4.17. The first-order valence-electron chi connectivity index (χ1n) is 5.67. The van der Waals surface area contributed by atoms with Crippen LogP contribution in [0.15, 0.2) is 30.3 Å². The van der Waals surface area contributed by atoms with Crippen LogP contribution in [0.4, 0.5) is 0 Å². The largest absolute Gasteiger partial charge is 0.469 e. The molecule has 1 aromatic carbocycles. The maximum atomic E-state index is 11.3. The molecule has 1 aliphatic rings. The summed E-state index contributed by atoms with van der Waals surface area (Å²) in [6.45, 7) is 0.715. The van der Waals surface area contributed by atoms with E-state index in [1.165, 1.54) is 12.7 Å². The lowest BCUT2D eigenvalue weighted by Crippen LogP contribution is -2.37. The third kappa shape index (κ3) is 2.42. The van der Waals surface area contributed by atoms with Crippen LogP contribution in [0, 0.1) is 5.92 Å². The van der Waals surface area contributed by atoms with E-state index >= 15 is 0 Å². The molecule has 0 aliphatic carbocycles. The molecule has 1 N–H and O–H groups in total. The minimum absolute atomic E-state index is 0.0185. The van der Waals surface area contributed by atoms with Gasteiger partial charge in [-0.3, -0.25) is 4.79 Å². The molecule has 1 fully saturated rings. The Kier molecular flexibility index (Phi) is 3.57. The molecule has 0 saturated carbocycles. The van der Waals surface area contributed by atoms with Gasteiger partial charge in [-0.2, -0.15) is 0 Å². The summed E-state index contributed by atoms with van der Waals surface area (Å²) in [5.41, 5.74) is 1.30. The first kappa shape index (κ1) is 11.1. The van der Waals surface area contributed by atoms with Gasteiger partial charge in [0.05, 0.1) is 13.0 Å². The molecule has 1 aromatic rings. The molecule has 2 atom stereocenters. The van der Waals surface area contributed by atoms with Gasteiger partial charge in [0, 0.05) is 12.6 Å². The molecule has 3 heteroatoms. The van der Waals surface area contributed by atoms with Crippen molar-refractivity contribution < 1.29 is 9.53 Å². The van der Waals surface area contributed by atoms with Gasteiger partial charge in [0.15, 0.2) is 0 Å². The smallest absolute Gasteiger partial charge is 0.309 e. The number of methoxy groups -OCH3 is 1. The van der Waals surface area contributed by atoms with Crippen LogP contribution in [-0.4, -0.2) is 19.6 Å². The number of nitrogens with one attached hydrogen (secondary N) is 1. The van der Waals surface area contributed by atoms with Crippen molar-refractivity contribution in [1.82, 2.24) is 5.32 Å². The number of carbonyl (C=O) groups is 1. The molecule has 1 heterocycles. The molecule has 1 aliphatic heterocycles. The second kappa shape index (κ2) is 5.12. The number of esters is 1. The van der Waals surface area contributed by atoms with Crippen LogP contribution in [0.5, 0.6) is 0 Å². The standard InChI is InChI=1S/C13H17NO2/c1-16-13(15)11-7-8-12(14-9-11)10-5-3-2-4-6-10/h2-6,11-12,14H,7-9H2,1H3. The monoisotopic (exact) mass is 219 g/mol. The van der Waals surface area contributed by atoms with Gasteiger partial charge in [0.2, 0.25) is 0 Å². The van der Waals surface area contributed by atoms with Crippen LogP contribution in [0.1, 0.15) is 24.4 Å². The highest BCUT2D eigenvalue weighted by Crippen LogP contribution is 2.25. The van der Waals surface area contributed by atoms with Crippen LogP contribution in [-0.2, 0) is 9.53 Å². The van der Waals surface area contributed by atoms with Gasteiger partial charge in [0.1, 0.15) is 0 Å². The summed E-state index contributed by atoms with van der Waals surface area (Å²) in [5, 5.41) is 3.40. The predicted octanol–water partition coefficient (Wildman–Crippen LogP) is 1.90. The van der Waals surface area contributed by atoms with Gasteiger partial charge in [-0.1, -0.05) is 30.3 Å². The maximum Gasteiger partial charge on any atom is 0.309 e. The van der Waals surface area contributed by atoms with Crippen molar-refractivity contribution in [3.63, 3.8) is 0 Å². The van der Waals surface area contributed by atoms with E-state index in [1.807, 2.05) is 18.2 Å². The number of benzene rings is 1. The Bertz CT molecular complexity index is 342. The van der Waals surface area contributed by atoms with Crippen molar-refractivity contribution in [2.24, 2.45) is 5.92 Å². The Hall–Kier alpha value is -1.35. The van der Waals surface area contributed by atoms with Crippen molar-refractivity contribution in [3.05, 3.63) is 35.9 Å². The molecule has 0 bridgehead atoms. The zero-order valence-electron chi connectivity index (χ0n) is 9.48. The normalized spacial score (nSPS) is 25.1. The van der Waals surface area contributed by atoms with Crippen LogP contribution in [0.25, 0.3) is 0 Å². The van der Waals surface area contributed by atoms with E-state index in [-0.39, 0.29) is 11.9 Å². The average Bonchev–Trinajstić information content (AvgIpc) is 2.39. The van der Waals surface area contributed by atoms with E-state index < -0.39 is 0 Å². The van der Waals surface area contributed by atoms with E-state index in [2.05, 4.69) is 17.4 Å². The molecule has 1 saturated heterocycles. The van der Waals surface area contributed by atoms with Gasteiger partial charge in [-0.05, 0) is 18.4 Å². The summed E-state index contributed by atoms with van der Waals surface area (Å²) in [6.07, 6.45) is 1.89. The molecule has 0 aromatic heterocycles. The van der Waals surface area contributed by atoms with Crippen molar-refractivity contribution in [3.8, 4) is 0 Å². The minimum Gasteiger partial charge on any atom is -0.469 e. The number of piperidine rings is 1. The molecular weight excluding hydrogens is 202 g/mol. The Labute approximate surface area is 95.8 Å². The van der Waals surface area contributed by atoms with Crippen molar-refractivity contribution in [2.45, 2.75) is 18.9 Å². The van der Waals surface area contributed by atoms with Crippen molar-refractivity contribution in [2.75, 3.05) is 13.7 Å². The topological polar surface area (TPSA) is 38.3 Å². The van der Waals surface area contributed by atoms with Crippen LogP contribution in [0.2, 0.25) is 0 Å². The number of ether oxygens (including phenoxy) is 1. The highest BCUT2D eigenvalue weighted by Gasteiger charge is 2.26. The summed E-state index contributed by atoms with van der Waals surface area (Å²) in [6, 6.07) is 10.7. The fourth-order valence-electron chi connectivity index (χ4n) is 2.19. The summed E-state index contributed by atoms with van der Waals surface area (Å²) >= 11 is 0. The number of rotatable bonds is 2. The van der Waals surface area contributed by atoms with E-state index in [4.69, 9.17) is 4.74 Å². The molecule has 2 unspecified atom stereocenters. The highest BCUT2D eigenvalue weighted by molar-refractivity contribution is 5.72.